The summed E-state index contributed by atoms with van der Waals surface area (Å²) in [5, 5.41) is 15.4. The Morgan fingerprint density at radius 1 is 1.11 bits per heavy atom. The third-order valence-electron chi connectivity index (χ3n) is 5.48. The second kappa shape index (κ2) is 6.50. The summed E-state index contributed by atoms with van der Waals surface area (Å²) in [6.45, 7) is 1.51. The van der Waals surface area contributed by atoms with Crippen LogP contribution in [0.5, 0.6) is 0 Å². The van der Waals surface area contributed by atoms with E-state index in [-0.39, 0.29) is 18.0 Å². The number of carbonyl (C=O) groups is 1. The lowest BCUT2D eigenvalue weighted by atomic mass is 10.0. The minimum absolute atomic E-state index is 0.0895. The van der Waals surface area contributed by atoms with E-state index in [2.05, 4.69) is 20.4 Å². The summed E-state index contributed by atoms with van der Waals surface area (Å²) in [5.41, 5.74) is 1.98. The highest BCUT2D eigenvalue weighted by Crippen LogP contribution is 2.31. The van der Waals surface area contributed by atoms with E-state index < -0.39 is 11.6 Å². The van der Waals surface area contributed by atoms with Crippen LogP contribution < -0.4 is 0 Å². The van der Waals surface area contributed by atoms with E-state index in [1.54, 1.807) is 4.90 Å². The molecule has 0 fully saturated rings. The Morgan fingerprint density at radius 2 is 2.00 bits per heavy atom. The number of amides is 1. The Hall–Kier alpha value is -3.10. The predicted molar refractivity (Wildman–Crippen MR) is 95.3 cm³/mol. The molecule has 5 rings (SSSR count). The number of aromatic amines is 1. The third-order valence-corrected chi connectivity index (χ3v) is 5.48. The van der Waals surface area contributed by atoms with E-state index in [4.69, 9.17) is 0 Å². The molecule has 28 heavy (non-hydrogen) atoms. The summed E-state index contributed by atoms with van der Waals surface area (Å²) in [7, 11) is 0. The summed E-state index contributed by atoms with van der Waals surface area (Å²) in [4.78, 5) is 14.7. The Bertz CT molecular complexity index is 1070. The van der Waals surface area contributed by atoms with Crippen molar-refractivity contribution in [2.45, 2.75) is 38.8 Å². The number of fused-ring (bicyclic) bond motifs is 2. The number of aryl methyl sites for hydroxylation is 1. The normalized spacial score (nSPS) is 16.0. The first-order chi connectivity index (χ1) is 13.6. The van der Waals surface area contributed by atoms with Gasteiger partial charge in [-0.1, -0.05) is 6.07 Å². The number of benzene rings is 1. The van der Waals surface area contributed by atoms with Gasteiger partial charge in [0.05, 0.1) is 6.54 Å². The lowest BCUT2D eigenvalue weighted by Crippen LogP contribution is -2.37. The maximum atomic E-state index is 14.3. The minimum atomic E-state index is -0.938. The molecule has 7 nitrogen and oxygen atoms in total. The van der Waals surface area contributed by atoms with E-state index >= 15 is 0 Å². The van der Waals surface area contributed by atoms with Crippen LogP contribution in [0.4, 0.5) is 8.78 Å². The molecule has 2 aliphatic rings. The van der Waals surface area contributed by atoms with Gasteiger partial charge in [-0.25, -0.2) is 8.78 Å². The van der Waals surface area contributed by atoms with Gasteiger partial charge in [0, 0.05) is 42.8 Å². The Balaban J connectivity index is 1.47. The van der Waals surface area contributed by atoms with Gasteiger partial charge in [-0.2, -0.15) is 5.10 Å². The predicted octanol–water partition coefficient (Wildman–Crippen LogP) is 2.48. The molecule has 0 aliphatic carbocycles. The van der Waals surface area contributed by atoms with Crippen LogP contribution in [0, 0.1) is 11.6 Å². The second-order valence-corrected chi connectivity index (χ2v) is 7.16. The summed E-state index contributed by atoms with van der Waals surface area (Å²) in [6.07, 6.45) is 3.44. The number of nitrogens with one attached hydrogen (secondary N) is 1. The zero-order chi connectivity index (χ0) is 19.3. The third kappa shape index (κ3) is 2.61. The van der Waals surface area contributed by atoms with Gasteiger partial charge in [0.15, 0.2) is 11.6 Å². The van der Waals surface area contributed by atoms with Gasteiger partial charge in [-0.15, -0.1) is 10.2 Å². The van der Waals surface area contributed by atoms with Crippen molar-refractivity contribution >= 4 is 5.91 Å². The molecule has 2 aliphatic heterocycles. The first kappa shape index (κ1) is 17.0. The molecule has 1 aromatic carbocycles. The van der Waals surface area contributed by atoms with Gasteiger partial charge in [0.2, 0.25) is 5.82 Å². The Kier molecular flexibility index (Phi) is 3.96. The number of rotatable bonds is 2. The van der Waals surface area contributed by atoms with Gasteiger partial charge < -0.3 is 9.47 Å². The summed E-state index contributed by atoms with van der Waals surface area (Å²) in [6, 6.07) is 4.01. The molecule has 0 bridgehead atoms. The van der Waals surface area contributed by atoms with Crippen LogP contribution in [-0.4, -0.2) is 42.3 Å². The molecule has 1 N–H and O–H groups in total. The molecule has 0 saturated heterocycles. The summed E-state index contributed by atoms with van der Waals surface area (Å²) >= 11 is 0. The van der Waals surface area contributed by atoms with Crippen LogP contribution in [0.3, 0.4) is 0 Å². The van der Waals surface area contributed by atoms with Crippen molar-refractivity contribution in [2.75, 3.05) is 6.54 Å². The molecule has 1 amide bonds. The number of hydrogen-bond acceptors (Lipinski definition) is 4. The zero-order valence-corrected chi connectivity index (χ0v) is 15.1. The fourth-order valence-electron chi connectivity index (χ4n) is 3.99. The minimum Gasteiger partial charge on any atom is -0.331 e. The highest BCUT2D eigenvalue weighted by atomic mass is 19.2. The number of aromatic nitrogens is 5. The Labute approximate surface area is 159 Å². The van der Waals surface area contributed by atoms with Gasteiger partial charge in [0.1, 0.15) is 11.5 Å². The Morgan fingerprint density at radius 3 is 2.89 bits per heavy atom. The quantitative estimate of drug-likeness (QED) is 0.736. The molecule has 0 spiro atoms. The molecule has 144 valence electrons. The highest BCUT2D eigenvalue weighted by Gasteiger charge is 2.31. The first-order valence-corrected chi connectivity index (χ1v) is 9.35. The number of carbonyl (C=O) groups excluding carboxylic acids is 1. The van der Waals surface area contributed by atoms with Gasteiger partial charge in [-0.3, -0.25) is 9.89 Å². The van der Waals surface area contributed by atoms with E-state index in [9.17, 15) is 13.6 Å². The van der Waals surface area contributed by atoms with Crippen molar-refractivity contribution in [3.8, 4) is 11.3 Å². The molecule has 0 unspecified atom stereocenters. The molecule has 3 aromatic rings. The van der Waals surface area contributed by atoms with Crippen LogP contribution in [0.25, 0.3) is 11.3 Å². The maximum Gasteiger partial charge on any atom is 0.292 e. The van der Waals surface area contributed by atoms with Crippen LogP contribution in [0.1, 0.15) is 40.5 Å². The smallest absolute Gasteiger partial charge is 0.292 e. The fourth-order valence-corrected chi connectivity index (χ4v) is 3.99. The molecule has 9 heteroatoms. The number of nitrogens with zero attached hydrogens (tertiary/aromatic N) is 5. The molecule has 0 saturated carbocycles. The van der Waals surface area contributed by atoms with Gasteiger partial charge in [-0.05, 0) is 25.0 Å². The van der Waals surface area contributed by atoms with Crippen LogP contribution in [-0.2, 0) is 25.9 Å². The highest BCUT2D eigenvalue weighted by molar-refractivity contribution is 5.91. The molecule has 2 aromatic heterocycles. The number of H-pyrrole nitrogens is 1. The van der Waals surface area contributed by atoms with Crippen LogP contribution in [0.2, 0.25) is 0 Å². The SMILES string of the molecule is O=C(c1nnc2n1CCCC2)N1CCc2[nH]nc(-c3cccc(F)c3F)c2C1. The lowest BCUT2D eigenvalue weighted by Gasteiger charge is -2.27. The average molecular weight is 384 g/mol. The first-order valence-electron chi connectivity index (χ1n) is 9.35. The number of halogens is 2. The largest absolute Gasteiger partial charge is 0.331 e. The standard InChI is InChI=1S/C19H18F2N6O/c20-13-5-3-4-11(16(13)21)17-12-10-26(9-7-14(12)22-24-17)19(28)18-25-23-15-6-1-2-8-27(15)18/h3-5H,1-2,6-10H2,(H,22,24). The molecular weight excluding hydrogens is 366 g/mol. The van der Waals surface area contributed by atoms with Crippen molar-refractivity contribution in [2.24, 2.45) is 0 Å². The molecule has 0 atom stereocenters. The van der Waals surface area contributed by atoms with E-state index in [1.807, 2.05) is 4.57 Å². The monoisotopic (exact) mass is 384 g/mol. The lowest BCUT2D eigenvalue weighted by molar-refractivity contribution is 0.0715. The van der Waals surface area contributed by atoms with Crippen molar-refractivity contribution in [3.63, 3.8) is 0 Å². The molecular formula is C19H18F2N6O. The number of hydrogen-bond donors (Lipinski definition) is 1. The van der Waals surface area contributed by atoms with E-state index in [1.165, 1.54) is 12.1 Å². The van der Waals surface area contributed by atoms with E-state index in [0.29, 0.717) is 30.0 Å². The molecule has 0 radical (unpaired) electrons. The molecule has 4 heterocycles. The topological polar surface area (TPSA) is 79.7 Å². The van der Waals surface area contributed by atoms with Crippen molar-refractivity contribution < 1.29 is 13.6 Å². The van der Waals surface area contributed by atoms with Gasteiger partial charge in [0.25, 0.3) is 5.91 Å². The van der Waals surface area contributed by atoms with Crippen molar-refractivity contribution in [1.82, 2.24) is 29.9 Å². The van der Waals surface area contributed by atoms with Crippen LogP contribution in [0.15, 0.2) is 18.2 Å². The van der Waals surface area contributed by atoms with Crippen molar-refractivity contribution in [3.05, 3.63) is 52.7 Å². The summed E-state index contributed by atoms with van der Waals surface area (Å²) < 4.78 is 29.8. The second-order valence-electron chi connectivity index (χ2n) is 7.16. The van der Waals surface area contributed by atoms with E-state index in [0.717, 1.165) is 43.4 Å². The maximum absolute atomic E-state index is 14.3. The van der Waals surface area contributed by atoms with Gasteiger partial charge >= 0.3 is 0 Å². The zero-order valence-electron chi connectivity index (χ0n) is 15.1. The average Bonchev–Trinajstić information content (AvgIpc) is 3.33. The van der Waals surface area contributed by atoms with Crippen LogP contribution >= 0.6 is 0 Å². The fraction of sp³-hybridized carbons (Fsp3) is 0.368. The van der Waals surface area contributed by atoms with Crippen molar-refractivity contribution in [1.29, 1.82) is 0 Å². The summed E-state index contributed by atoms with van der Waals surface area (Å²) in [5.74, 6) is -0.865.